The lowest BCUT2D eigenvalue weighted by atomic mass is 10.1. The van der Waals surface area contributed by atoms with Crippen molar-refractivity contribution in [1.29, 1.82) is 0 Å². The van der Waals surface area contributed by atoms with E-state index in [4.69, 9.17) is 4.74 Å². The van der Waals surface area contributed by atoms with Gasteiger partial charge in [0.2, 0.25) is 5.91 Å². The number of benzene rings is 3. The van der Waals surface area contributed by atoms with Gasteiger partial charge < -0.3 is 4.74 Å². The van der Waals surface area contributed by atoms with Crippen LogP contribution in [0.2, 0.25) is 0 Å². The predicted octanol–water partition coefficient (Wildman–Crippen LogP) is 3.51. The fourth-order valence-electron chi connectivity index (χ4n) is 2.50. The van der Waals surface area contributed by atoms with Gasteiger partial charge in [-0.1, -0.05) is 30.3 Å². The Labute approximate surface area is 172 Å². The molecule has 0 aliphatic heterocycles. The fourth-order valence-corrected chi connectivity index (χ4v) is 2.50. The van der Waals surface area contributed by atoms with Crippen LogP contribution in [0.5, 0.6) is 5.75 Å². The smallest absolute Gasteiger partial charge is 0.343 e. The van der Waals surface area contributed by atoms with Crippen LogP contribution in [-0.2, 0) is 11.2 Å². The molecule has 0 heterocycles. The number of hydrogen-bond donors (Lipinski definition) is 1. The second-order valence-corrected chi connectivity index (χ2v) is 6.22. The van der Waals surface area contributed by atoms with E-state index >= 15 is 0 Å². The summed E-state index contributed by atoms with van der Waals surface area (Å²) >= 11 is 0. The quantitative estimate of drug-likeness (QED) is 0.213. The Hall–Kier alpha value is -4.33. The standard InChI is InChI=1S/C22H17N3O5/c26-21(14-16-6-10-19(11-7-16)25(28)29)24-23-15-17-8-12-20(13-9-17)30-22(27)18-4-2-1-3-5-18/h1-13,15H,14H2,(H,24,26)/b23-15+. The van der Waals surface area contributed by atoms with Crippen LogP contribution in [0, 0.1) is 10.1 Å². The minimum Gasteiger partial charge on any atom is -0.423 e. The molecule has 8 heteroatoms. The van der Waals surface area contributed by atoms with Crippen molar-refractivity contribution in [2.24, 2.45) is 5.10 Å². The number of amides is 1. The first-order valence-corrected chi connectivity index (χ1v) is 8.94. The molecule has 30 heavy (non-hydrogen) atoms. The average Bonchev–Trinajstić information content (AvgIpc) is 2.76. The van der Waals surface area contributed by atoms with Crippen LogP contribution in [0.3, 0.4) is 0 Å². The van der Waals surface area contributed by atoms with Crippen molar-refractivity contribution < 1.29 is 19.2 Å². The van der Waals surface area contributed by atoms with E-state index in [1.54, 1.807) is 48.5 Å². The maximum atomic E-state index is 12.0. The molecule has 0 radical (unpaired) electrons. The summed E-state index contributed by atoms with van der Waals surface area (Å²) in [6, 6.07) is 21.0. The van der Waals surface area contributed by atoms with E-state index < -0.39 is 10.9 Å². The van der Waals surface area contributed by atoms with Crippen molar-refractivity contribution in [3.8, 4) is 5.75 Å². The maximum absolute atomic E-state index is 12.0. The molecule has 3 aromatic carbocycles. The molecule has 0 fully saturated rings. The number of hydrogen-bond acceptors (Lipinski definition) is 6. The normalized spacial score (nSPS) is 10.5. The molecule has 3 rings (SSSR count). The Balaban J connectivity index is 1.49. The molecular weight excluding hydrogens is 386 g/mol. The molecule has 0 aliphatic rings. The lowest BCUT2D eigenvalue weighted by molar-refractivity contribution is -0.384. The highest BCUT2D eigenvalue weighted by Crippen LogP contribution is 2.14. The topological polar surface area (TPSA) is 111 Å². The van der Waals surface area contributed by atoms with E-state index in [1.165, 1.54) is 30.5 Å². The molecule has 0 saturated heterocycles. The van der Waals surface area contributed by atoms with E-state index in [0.717, 1.165) is 0 Å². The number of hydrazone groups is 1. The lowest BCUT2D eigenvalue weighted by Crippen LogP contribution is -2.19. The van der Waals surface area contributed by atoms with Gasteiger partial charge >= 0.3 is 5.97 Å². The summed E-state index contributed by atoms with van der Waals surface area (Å²) in [6.45, 7) is 0. The predicted molar refractivity (Wildman–Crippen MR) is 110 cm³/mol. The van der Waals surface area contributed by atoms with Gasteiger partial charge in [0, 0.05) is 12.1 Å². The third-order valence-corrected chi connectivity index (χ3v) is 4.01. The van der Waals surface area contributed by atoms with Crippen LogP contribution in [0.25, 0.3) is 0 Å². The first-order chi connectivity index (χ1) is 14.5. The molecule has 0 atom stereocenters. The summed E-state index contributed by atoms with van der Waals surface area (Å²) in [5.74, 6) is -0.410. The second kappa shape index (κ2) is 9.74. The number of non-ortho nitro benzene ring substituents is 1. The highest BCUT2D eigenvalue weighted by molar-refractivity contribution is 5.91. The number of ether oxygens (including phenoxy) is 1. The Morgan fingerprint density at radius 2 is 1.63 bits per heavy atom. The van der Waals surface area contributed by atoms with E-state index in [1.807, 2.05) is 6.07 Å². The van der Waals surface area contributed by atoms with Gasteiger partial charge in [-0.2, -0.15) is 5.10 Å². The first kappa shape index (κ1) is 20.4. The van der Waals surface area contributed by atoms with Crippen molar-refractivity contribution in [2.75, 3.05) is 0 Å². The van der Waals surface area contributed by atoms with E-state index in [0.29, 0.717) is 22.4 Å². The van der Waals surface area contributed by atoms with Crippen LogP contribution >= 0.6 is 0 Å². The molecule has 0 aromatic heterocycles. The first-order valence-electron chi connectivity index (χ1n) is 8.94. The molecular formula is C22H17N3O5. The second-order valence-electron chi connectivity index (χ2n) is 6.22. The van der Waals surface area contributed by atoms with Crippen LogP contribution in [0.15, 0.2) is 84.0 Å². The summed E-state index contributed by atoms with van der Waals surface area (Å²) in [4.78, 5) is 34.1. The summed E-state index contributed by atoms with van der Waals surface area (Å²) in [7, 11) is 0. The third kappa shape index (κ3) is 5.83. The van der Waals surface area contributed by atoms with Gasteiger partial charge in [-0.05, 0) is 47.5 Å². The van der Waals surface area contributed by atoms with E-state index in [2.05, 4.69) is 10.5 Å². The maximum Gasteiger partial charge on any atom is 0.343 e. The van der Waals surface area contributed by atoms with Gasteiger partial charge in [0.15, 0.2) is 0 Å². The highest BCUT2D eigenvalue weighted by atomic mass is 16.6. The molecule has 1 N–H and O–H groups in total. The number of esters is 1. The summed E-state index contributed by atoms with van der Waals surface area (Å²) < 4.78 is 5.29. The monoisotopic (exact) mass is 403 g/mol. The summed E-state index contributed by atoms with van der Waals surface area (Å²) in [6.07, 6.45) is 1.50. The van der Waals surface area contributed by atoms with Crippen molar-refractivity contribution >= 4 is 23.8 Å². The van der Waals surface area contributed by atoms with Crippen LogP contribution in [0.4, 0.5) is 5.69 Å². The lowest BCUT2D eigenvalue weighted by Gasteiger charge is -2.04. The Morgan fingerprint density at radius 3 is 2.27 bits per heavy atom. The van der Waals surface area contributed by atoms with Crippen LogP contribution < -0.4 is 10.2 Å². The molecule has 8 nitrogen and oxygen atoms in total. The number of nitrogens with zero attached hydrogens (tertiary/aromatic N) is 2. The summed E-state index contributed by atoms with van der Waals surface area (Å²) in [5, 5.41) is 14.5. The van der Waals surface area contributed by atoms with E-state index in [-0.39, 0.29) is 18.0 Å². The Morgan fingerprint density at radius 1 is 0.967 bits per heavy atom. The minimum atomic E-state index is -0.498. The van der Waals surface area contributed by atoms with Gasteiger partial charge in [0.1, 0.15) is 5.75 Å². The van der Waals surface area contributed by atoms with Gasteiger partial charge in [0.25, 0.3) is 5.69 Å². The molecule has 3 aromatic rings. The van der Waals surface area contributed by atoms with Crippen molar-refractivity contribution in [3.05, 3.63) is 106 Å². The zero-order chi connectivity index (χ0) is 21.3. The largest absolute Gasteiger partial charge is 0.423 e. The SMILES string of the molecule is O=C(Cc1ccc([N+](=O)[O-])cc1)N/N=C/c1ccc(OC(=O)c2ccccc2)cc1. The van der Waals surface area contributed by atoms with Gasteiger partial charge in [-0.15, -0.1) is 0 Å². The van der Waals surface area contributed by atoms with Crippen molar-refractivity contribution in [1.82, 2.24) is 5.43 Å². The molecule has 0 aliphatic carbocycles. The van der Waals surface area contributed by atoms with Crippen molar-refractivity contribution in [2.45, 2.75) is 6.42 Å². The zero-order valence-corrected chi connectivity index (χ0v) is 15.7. The molecule has 0 unspecified atom stereocenters. The Bertz CT molecular complexity index is 1060. The molecule has 0 bridgehead atoms. The Kier molecular flexibility index (Phi) is 6.63. The molecule has 0 saturated carbocycles. The third-order valence-electron chi connectivity index (χ3n) is 4.01. The number of nitro groups is 1. The molecule has 1 amide bonds. The zero-order valence-electron chi connectivity index (χ0n) is 15.7. The van der Waals surface area contributed by atoms with Gasteiger partial charge in [-0.3, -0.25) is 14.9 Å². The number of rotatable bonds is 7. The van der Waals surface area contributed by atoms with E-state index in [9.17, 15) is 19.7 Å². The number of nitrogens with one attached hydrogen (secondary N) is 1. The van der Waals surface area contributed by atoms with Gasteiger partial charge in [0.05, 0.1) is 23.1 Å². The number of nitro benzene ring substituents is 1. The highest BCUT2D eigenvalue weighted by Gasteiger charge is 2.08. The van der Waals surface area contributed by atoms with Gasteiger partial charge in [-0.25, -0.2) is 10.2 Å². The molecule has 150 valence electrons. The number of carbonyl (C=O) groups excluding carboxylic acids is 2. The number of carbonyl (C=O) groups is 2. The molecule has 0 spiro atoms. The average molecular weight is 403 g/mol. The van der Waals surface area contributed by atoms with Crippen molar-refractivity contribution in [3.63, 3.8) is 0 Å². The summed E-state index contributed by atoms with van der Waals surface area (Å²) in [5.41, 5.74) is 4.16. The fraction of sp³-hybridized carbons (Fsp3) is 0.0455. The minimum absolute atomic E-state index is 0.0323. The van der Waals surface area contributed by atoms with Crippen LogP contribution in [0.1, 0.15) is 21.5 Å². The van der Waals surface area contributed by atoms with Crippen LogP contribution in [-0.4, -0.2) is 23.0 Å².